The van der Waals surface area contributed by atoms with Crippen molar-refractivity contribution >= 4 is 17.9 Å². The summed E-state index contributed by atoms with van der Waals surface area (Å²) >= 11 is 0. The van der Waals surface area contributed by atoms with Crippen LogP contribution in [0.5, 0.6) is 34.5 Å². The molecule has 0 radical (unpaired) electrons. The highest BCUT2D eigenvalue weighted by Gasteiger charge is 2.30. The van der Waals surface area contributed by atoms with Crippen molar-refractivity contribution in [3.8, 4) is 67.9 Å². The maximum absolute atomic E-state index is 13.4. The van der Waals surface area contributed by atoms with Crippen LogP contribution in [0, 0.1) is 20.8 Å². The van der Waals surface area contributed by atoms with E-state index < -0.39 is 17.9 Å². The molecule has 0 amide bonds. The average molecular weight is 829 g/mol. The van der Waals surface area contributed by atoms with E-state index >= 15 is 0 Å². The summed E-state index contributed by atoms with van der Waals surface area (Å²) in [7, 11) is 8.63. The number of carbonyl (C=O) groups excluding carboxylic acids is 3. The van der Waals surface area contributed by atoms with Gasteiger partial charge in [0.2, 0.25) is 0 Å². The monoisotopic (exact) mass is 828 g/mol. The molecule has 12 heteroatoms. The molecule has 0 saturated carbocycles. The number of hydrogen-bond donors (Lipinski definition) is 0. The zero-order valence-electron chi connectivity index (χ0n) is 37.2. The Morgan fingerprint density at radius 3 is 0.850 bits per heavy atom. The largest absolute Gasteiger partial charge is 0.496 e. The number of ether oxygens (including phenoxy) is 9. The molecule has 0 atom stereocenters. The minimum absolute atomic E-state index is 0.213. The molecule has 0 heterocycles. The number of unbranched alkanes of at least 4 members (excludes halogenated alkanes) is 3. The van der Waals surface area contributed by atoms with Crippen molar-refractivity contribution in [1.29, 1.82) is 0 Å². The molecule has 12 nitrogen and oxygen atoms in total. The Kier molecular flexibility index (Phi) is 17.1. The van der Waals surface area contributed by atoms with Gasteiger partial charge in [-0.05, 0) is 91.6 Å². The Bertz CT molecular complexity index is 1910. The lowest BCUT2D eigenvalue weighted by Crippen LogP contribution is -2.10. The van der Waals surface area contributed by atoms with Crippen LogP contribution in [0.4, 0.5) is 0 Å². The summed E-state index contributed by atoms with van der Waals surface area (Å²) < 4.78 is 52.3. The highest BCUT2D eigenvalue weighted by atomic mass is 16.5. The van der Waals surface area contributed by atoms with Gasteiger partial charge in [-0.3, -0.25) is 0 Å². The summed E-state index contributed by atoms with van der Waals surface area (Å²) in [6, 6.07) is 10.2. The lowest BCUT2D eigenvalue weighted by molar-refractivity contribution is 0.0586. The van der Waals surface area contributed by atoms with E-state index in [0.29, 0.717) is 87.7 Å². The molecule has 0 fully saturated rings. The molecule has 4 aromatic carbocycles. The summed E-state index contributed by atoms with van der Waals surface area (Å²) in [5.74, 6) is 0.525. The van der Waals surface area contributed by atoms with Crippen LogP contribution in [0.3, 0.4) is 0 Å². The van der Waals surface area contributed by atoms with Crippen molar-refractivity contribution in [3.05, 3.63) is 69.8 Å². The van der Waals surface area contributed by atoms with Crippen LogP contribution in [0.2, 0.25) is 0 Å². The Labute approximate surface area is 354 Å². The third-order valence-corrected chi connectivity index (χ3v) is 10.4. The minimum atomic E-state index is -0.584. The molecular formula is C48H60O12. The molecule has 4 rings (SSSR count). The van der Waals surface area contributed by atoms with Gasteiger partial charge in [0.05, 0.1) is 62.5 Å². The third-order valence-electron chi connectivity index (χ3n) is 10.4. The minimum Gasteiger partial charge on any atom is -0.496 e. The van der Waals surface area contributed by atoms with Gasteiger partial charge in [-0.1, -0.05) is 40.0 Å². The molecule has 0 spiro atoms. The number of carbonyl (C=O) groups is 3. The lowest BCUT2D eigenvalue weighted by Gasteiger charge is -2.27. The third kappa shape index (κ3) is 9.92. The highest BCUT2D eigenvalue weighted by Crippen LogP contribution is 2.51. The van der Waals surface area contributed by atoms with Gasteiger partial charge >= 0.3 is 17.9 Å². The maximum atomic E-state index is 13.4. The molecule has 0 aliphatic rings. The fraction of sp³-hybridized carbons (Fsp3) is 0.438. The maximum Gasteiger partial charge on any atom is 0.341 e. The van der Waals surface area contributed by atoms with Crippen molar-refractivity contribution in [3.63, 3.8) is 0 Å². The van der Waals surface area contributed by atoms with Crippen molar-refractivity contribution < 1.29 is 57.0 Å². The van der Waals surface area contributed by atoms with Gasteiger partial charge in [0.15, 0.2) is 0 Å². The number of methoxy groups -OCH3 is 6. The predicted molar refractivity (Wildman–Crippen MR) is 232 cm³/mol. The van der Waals surface area contributed by atoms with Crippen molar-refractivity contribution in [2.24, 2.45) is 0 Å². The van der Waals surface area contributed by atoms with Gasteiger partial charge in [0, 0.05) is 34.9 Å². The van der Waals surface area contributed by atoms with Crippen LogP contribution in [0.15, 0.2) is 36.4 Å². The summed E-state index contributed by atoms with van der Waals surface area (Å²) in [5.41, 5.74) is 6.73. The zero-order valence-corrected chi connectivity index (χ0v) is 37.2. The smallest absolute Gasteiger partial charge is 0.341 e. The van der Waals surface area contributed by atoms with Gasteiger partial charge in [-0.15, -0.1) is 0 Å². The molecular weight excluding hydrogens is 769 g/mol. The van der Waals surface area contributed by atoms with E-state index in [4.69, 9.17) is 42.6 Å². The first-order valence-corrected chi connectivity index (χ1v) is 20.4. The van der Waals surface area contributed by atoms with Crippen molar-refractivity contribution in [2.75, 3.05) is 62.5 Å². The zero-order chi connectivity index (χ0) is 44.1. The van der Waals surface area contributed by atoms with E-state index in [1.54, 1.807) is 57.7 Å². The van der Waals surface area contributed by atoms with Gasteiger partial charge in [-0.25, -0.2) is 14.4 Å². The van der Waals surface area contributed by atoms with Gasteiger partial charge in [-0.2, -0.15) is 0 Å². The Morgan fingerprint density at radius 1 is 0.400 bits per heavy atom. The van der Waals surface area contributed by atoms with Crippen LogP contribution in [0.25, 0.3) is 33.4 Å². The molecule has 324 valence electrons. The fourth-order valence-electron chi connectivity index (χ4n) is 7.35. The average Bonchev–Trinajstić information content (AvgIpc) is 3.26. The van der Waals surface area contributed by atoms with E-state index in [9.17, 15) is 14.4 Å². The van der Waals surface area contributed by atoms with Crippen LogP contribution < -0.4 is 28.4 Å². The van der Waals surface area contributed by atoms with Crippen LogP contribution in [0.1, 0.15) is 107 Å². The molecule has 0 saturated heterocycles. The highest BCUT2D eigenvalue weighted by molar-refractivity contribution is 6.02. The topological polar surface area (TPSA) is 134 Å². The van der Waals surface area contributed by atoms with Crippen molar-refractivity contribution in [1.82, 2.24) is 0 Å². The lowest BCUT2D eigenvalue weighted by atomic mass is 9.79. The fourth-order valence-corrected chi connectivity index (χ4v) is 7.35. The van der Waals surface area contributed by atoms with Gasteiger partial charge in [0.1, 0.15) is 51.2 Å². The van der Waals surface area contributed by atoms with E-state index in [1.807, 2.05) is 20.8 Å². The van der Waals surface area contributed by atoms with E-state index in [2.05, 4.69) is 20.8 Å². The Morgan fingerprint density at radius 2 is 0.650 bits per heavy atom. The Balaban J connectivity index is 2.27. The number of rotatable bonds is 21. The quantitative estimate of drug-likeness (QED) is 0.0449. The van der Waals surface area contributed by atoms with Gasteiger partial charge < -0.3 is 42.6 Å². The number of benzene rings is 4. The SMILES string of the molecule is CCCCOc1cc(OC)c(-c2c(C)c(-c3cc(C(=O)OC)c(OCCCC)cc3OC)c(C)c(-c3cc(C(=O)OC)c(OCCCC)cc3OC)c2C)cc1C(=O)OC. The molecule has 0 N–H and O–H groups in total. The second-order valence-electron chi connectivity index (χ2n) is 14.2. The molecule has 4 aromatic rings. The van der Waals surface area contributed by atoms with Crippen LogP contribution >= 0.6 is 0 Å². The molecule has 0 bridgehead atoms. The standard InChI is InChI=1S/C48H60O12/c1-13-16-19-58-40-25-37(52-7)31(22-34(40)46(49)55-10)43-28(4)44(32-23-35(47(50)56-11)41(26-38(32)53-8)59-20-17-14-2)30(6)45(29(43)5)33-24-36(48(51)57-12)42(27-39(33)54-9)60-21-18-15-3/h22-27H,13-21H2,1-12H3. The molecule has 60 heavy (non-hydrogen) atoms. The molecule has 0 unspecified atom stereocenters. The van der Waals surface area contributed by atoms with Gasteiger partial charge in [0.25, 0.3) is 0 Å². The van der Waals surface area contributed by atoms with E-state index in [0.717, 1.165) is 55.2 Å². The normalized spacial score (nSPS) is 10.8. The molecule has 0 aliphatic carbocycles. The summed E-state index contributed by atoms with van der Waals surface area (Å²) in [6.07, 6.45) is 5.04. The number of esters is 3. The first-order chi connectivity index (χ1) is 28.9. The van der Waals surface area contributed by atoms with Crippen LogP contribution in [-0.4, -0.2) is 80.4 Å². The summed E-state index contributed by atoms with van der Waals surface area (Å²) in [5, 5.41) is 0. The second kappa shape index (κ2) is 21.9. The summed E-state index contributed by atoms with van der Waals surface area (Å²) in [6.45, 7) is 13.2. The number of hydrogen-bond acceptors (Lipinski definition) is 12. The van der Waals surface area contributed by atoms with Crippen molar-refractivity contribution in [2.45, 2.75) is 80.1 Å². The first-order valence-electron chi connectivity index (χ1n) is 20.4. The predicted octanol–water partition coefficient (Wildman–Crippen LogP) is 10.5. The van der Waals surface area contributed by atoms with E-state index in [-0.39, 0.29) is 16.7 Å². The van der Waals surface area contributed by atoms with Crippen LogP contribution in [-0.2, 0) is 14.2 Å². The second-order valence-corrected chi connectivity index (χ2v) is 14.2. The first kappa shape index (κ1) is 46.8. The molecule has 0 aromatic heterocycles. The van der Waals surface area contributed by atoms with E-state index in [1.165, 1.54) is 21.3 Å². The summed E-state index contributed by atoms with van der Waals surface area (Å²) in [4.78, 5) is 40.3. The molecule has 0 aliphatic heterocycles. The Hall–Kier alpha value is -5.91.